The Morgan fingerprint density at radius 3 is 2.51 bits per heavy atom. The Bertz CT molecular complexity index is 1670. The van der Waals surface area contributed by atoms with Crippen molar-refractivity contribution in [2.24, 2.45) is 5.92 Å². The molecule has 3 heterocycles. The minimum absolute atomic E-state index is 0.0360. The maximum absolute atomic E-state index is 13.7. The number of benzene rings is 3. The minimum atomic E-state index is -2.66. The summed E-state index contributed by atoms with van der Waals surface area (Å²) >= 11 is 0. The average Bonchev–Trinajstić information content (AvgIpc) is 3.51. The van der Waals surface area contributed by atoms with E-state index in [2.05, 4.69) is 24.2 Å². The number of fused-ring (bicyclic) bond motifs is 2. The number of carbonyl (C=O) groups excluding carboxylic acids is 1. The molecule has 0 spiro atoms. The first-order chi connectivity index (χ1) is 20.6. The summed E-state index contributed by atoms with van der Waals surface area (Å²) in [6, 6.07) is 23.3. The monoisotopic (exact) mass is 599 g/mol. The number of aromatic amines is 1. The zero-order valence-corrected chi connectivity index (χ0v) is 26.1. The number of carbonyl (C=O) groups is 1. The number of aromatic nitrogens is 2. The number of nitrogens with zero attached hydrogens (tertiary/aromatic N) is 2. The van der Waals surface area contributed by atoms with Crippen LogP contribution in [0.3, 0.4) is 0 Å². The summed E-state index contributed by atoms with van der Waals surface area (Å²) < 4.78 is 8.19. The molecular formula is C34H41N3O5Si. The fraction of sp³-hybridized carbons (Fsp3) is 0.412. The number of ether oxygens (including phenoxy) is 1. The van der Waals surface area contributed by atoms with Crippen molar-refractivity contribution in [1.29, 1.82) is 0 Å². The maximum Gasteiger partial charge on any atom is 0.279 e. The molecule has 226 valence electrons. The van der Waals surface area contributed by atoms with E-state index in [-0.39, 0.29) is 54.2 Å². The van der Waals surface area contributed by atoms with Crippen LogP contribution in [0.1, 0.15) is 36.5 Å². The molecule has 43 heavy (non-hydrogen) atoms. The fourth-order valence-electron chi connectivity index (χ4n) is 7.34. The van der Waals surface area contributed by atoms with Crippen molar-refractivity contribution < 1.29 is 19.4 Å². The summed E-state index contributed by atoms with van der Waals surface area (Å²) in [7, 11) is -2.66. The van der Waals surface area contributed by atoms with Gasteiger partial charge in [-0.3, -0.25) is 14.7 Å². The van der Waals surface area contributed by atoms with Crippen LogP contribution in [0.15, 0.2) is 77.6 Å². The van der Waals surface area contributed by atoms with Crippen molar-refractivity contribution in [2.75, 3.05) is 6.61 Å². The summed E-state index contributed by atoms with van der Waals surface area (Å²) in [5.41, 5.74) is 4.81. The summed E-state index contributed by atoms with van der Waals surface area (Å²) in [5.74, 6) is 0.0610. The summed E-state index contributed by atoms with van der Waals surface area (Å²) in [5, 5.41) is 14.0. The lowest BCUT2D eigenvalue weighted by Gasteiger charge is -2.37. The number of hydrogen-bond acceptors (Lipinski definition) is 5. The van der Waals surface area contributed by atoms with Gasteiger partial charge < -0.3 is 19.5 Å². The van der Waals surface area contributed by atoms with Crippen molar-refractivity contribution in [2.45, 2.75) is 76.0 Å². The number of H-pyrrole nitrogens is 1. The Kier molecular flexibility index (Phi) is 8.17. The summed E-state index contributed by atoms with van der Waals surface area (Å²) in [6.07, 6.45) is 1.85. The van der Waals surface area contributed by atoms with Gasteiger partial charge in [-0.15, -0.1) is 0 Å². The van der Waals surface area contributed by atoms with Crippen molar-refractivity contribution in [3.8, 4) is 5.69 Å². The largest absolute Gasteiger partial charge is 0.432 e. The molecular weight excluding hydrogens is 558 g/mol. The van der Waals surface area contributed by atoms with E-state index in [0.717, 1.165) is 35.2 Å². The highest BCUT2D eigenvalue weighted by Crippen LogP contribution is 2.46. The molecule has 8 nitrogen and oxygen atoms in total. The van der Waals surface area contributed by atoms with Gasteiger partial charge in [-0.05, 0) is 79.2 Å². The van der Waals surface area contributed by atoms with E-state index in [4.69, 9.17) is 4.74 Å². The number of aliphatic hydroxyl groups is 1. The normalized spacial score (nSPS) is 23.9. The minimum Gasteiger partial charge on any atom is -0.432 e. The topological polar surface area (TPSA) is 108 Å². The Labute approximate surface area is 253 Å². The van der Waals surface area contributed by atoms with Crippen LogP contribution >= 0.6 is 0 Å². The zero-order chi connectivity index (χ0) is 30.3. The number of amides is 1. The van der Waals surface area contributed by atoms with Gasteiger partial charge in [-0.25, -0.2) is 4.68 Å². The second-order valence-corrected chi connectivity index (χ2v) is 16.8. The summed E-state index contributed by atoms with van der Waals surface area (Å²) in [4.78, 5) is 39.8. The molecule has 0 unspecified atom stereocenters. The van der Waals surface area contributed by atoms with Gasteiger partial charge in [0.1, 0.15) is 0 Å². The SMILES string of the molecule is C[C@@H]1[C@@H]([Si](C)(C)O)[C@H](CC(=O)N2Cc3ccccc3C[C@H]2CO)O[C@@H]1CCc1cccc(-n2[nH]c3ccccc3c2=O)c1. The van der Waals surface area contributed by atoms with E-state index in [1.165, 1.54) is 5.56 Å². The van der Waals surface area contributed by atoms with E-state index in [1.54, 1.807) is 9.58 Å². The standard InChI is InChI=1S/C34H41N3O5Si/c1-22-30(16-15-23-9-8-12-26(17-23)37-34(40)28-13-6-7-14-29(28)35-37)42-31(33(22)43(2,3)41)19-32(39)36-20-25-11-5-4-10-24(25)18-27(36)21-38/h4-14,17,22,27,30-31,33,35,38,41H,15-16,18-21H2,1-3H3/t22-,27-,30+,31-,33+/m0/s1. The predicted octanol–water partition coefficient (Wildman–Crippen LogP) is 4.56. The highest BCUT2D eigenvalue weighted by molar-refractivity contribution is 6.71. The third-order valence-electron chi connectivity index (χ3n) is 9.46. The number of rotatable bonds is 8. The molecule has 2 aliphatic heterocycles. The number of aryl methyl sites for hydroxylation is 1. The molecule has 4 aromatic rings. The van der Waals surface area contributed by atoms with Crippen molar-refractivity contribution in [3.05, 3.63) is 99.8 Å². The Morgan fingerprint density at radius 2 is 1.77 bits per heavy atom. The molecule has 0 bridgehead atoms. The van der Waals surface area contributed by atoms with Crippen LogP contribution in [-0.2, 0) is 28.9 Å². The highest BCUT2D eigenvalue weighted by atomic mass is 28.4. The lowest BCUT2D eigenvalue weighted by Crippen LogP contribution is -2.48. The molecule has 0 radical (unpaired) electrons. The Morgan fingerprint density at radius 1 is 1.02 bits per heavy atom. The van der Waals surface area contributed by atoms with E-state index >= 15 is 0 Å². The van der Waals surface area contributed by atoms with Gasteiger partial charge in [-0.1, -0.05) is 55.5 Å². The first-order valence-electron chi connectivity index (χ1n) is 15.3. The van der Waals surface area contributed by atoms with Gasteiger partial charge in [-0.2, -0.15) is 0 Å². The second kappa shape index (κ2) is 11.9. The molecule has 2 aliphatic rings. The van der Waals surface area contributed by atoms with Crippen molar-refractivity contribution >= 4 is 25.1 Å². The van der Waals surface area contributed by atoms with Gasteiger partial charge in [0.2, 0.25) is 5.91 Å². The van der Waals surface area contributed by atoms with E-state index in [1.807, 2.05) is 73.8 Å². The molecule has 9 heteroatoms. The number of hydrogen-bond donors (Lipinski definition) is 3. The van der Waals surface area contributed by atoms with Crippen LogP contribution in [0.5, 0.6) is 0 Å². The van der Waals surface area contributed by atoms with Crippen molar-refractivity contribution in [1.82, 2.24) is 14.7 Å². The molecule has 0 aliphatic carbocycles. The van der Waals surface area contributed by atoms with Crippen LogP contribution in [-0.4, -0.2) is 63.7 Å². The van der Waals surface area contributed by atoms with E-state index in [0.29, 0.717) is 18.4 Å². The molecule has 1 fully saturated rings. The molecule has 1 saturated heterocycles. The first-order valence-corrected chi connectivity index (χ1v) is 18.3. The molecule has 1 aromatic heterocycles. The van der Waals surface area contributed by atoms with Crippen LogP contribution in [0, 0.1) is 5.92 Å². The zero-order valence-electron chi connectivity index (χ0n) is 25.1. The van der Waals surface area contributed by atoms with Gasteiger partial charge in [0.15, 0.2) is 8.32 Å². The van der Waals surface area contributed by atoms with Crippen molar-refractivity contribution in [3.63, 3.8) is 0 Å². The predicted molar refractivity (Wildman–Crippen MR) is 170 cm³/mol. The van der Waals surface area contributed by atoms with Gasteiger partial charge in [0, 0.05) is 12.1 Å². The van der Waals surface area contributed by atoms with Crippen LogP contribution in [0.2, 0.25) is 18.6 Å². The van der Waals surface area contributed by atoms with Gasteiger partial charge in [0.05, 0.1) is 47.9 Å². The first kappa shape index (κ1) is 29.6. The maximum atomic E-state index is 13.7. The summed E-state index contributed by atoms with van der Waals surface area (Å²) in [6.45, 7) is 6.41. The van der Waals surface area contributed by atoms with Gasteiger partial charge in [0.25, 0.3) is 5.56 Å². The number of aliphatic hydroxyl groups excluding tert-OH is 1. The molecule has 6 rings (SSSR count). The molecule has 0 saturated carbocycles. The molecule has 1 amide bonds. The van der Waals surface area contributed by atoms with Crippen LogP contribution in [0.4, 0.5) is 0 Å². The van der Waals surface area contributed by atoms with E-state index < -0.39 is 8.32 Å². The molecule has 5 atom stereocenters. The average molecular weight is 600 g/mol. The number of para-hydroxylation sites is 1. The molecule has 3 N–H and O–H groups in total. The second-order valence-electron chi connectivity index (χ2n) is 12.8. The highest BCUT2D eigenvalue weighted by Gasteiger charge is 2.50. The van der Waals surface area contributed by atoms with E-state index in [9.17, 15) is 19.5 Å². The third kappa shape index (κ3) is 5.87. The molecule has 3 aromatic carbocycles. The van der Waals surface area contributed by atoms with Gasteiger partial charge >= 0.3 is 0 Å². The lowest BCUT2D eigenvalue weighted by molar-refractivity contribution is -0.138. The number of nitrogens with one attached hydrogen (secondary N) is 1. The third-order valence-corrected chi connectivity index (χ3v) is 12.0. The van der Waals surface area contributed by atoms with Crippen LogP contribution in [0.25, 0.3) is 16.6 Å². The lowest BCUT2D eigenvalue weighted by atomic mass is 9.93. The quantitative estimate of drug-likeness (QED) is 0.258. The smallest absolute Gasteiger partial charge is 0.279 e. The van der Waals surface area contributed by atoms with Crippen LogP contribution < -0.4 is 5.56 Å². The Balaban J connectivity index is 1.16. The Hall–Kier alpha value is -3.50. The fourth-order valence-corrected chi connectivity index (χ4v) is 9.95.